The lowest BCUT2D eigenvalue weighted by Crippen LogP contribution is -2.44. The number of carbonyl (C=O) groups is 2. The predicted molar refractivity (Wildman–Crippen MR) is 138 cm³/mol. The number of hydrogen-bond acceptors (Lipinski definition) is 9. The summed E-state index contributed by atoms with van der Waals surface area (Å²) in [5.74, 6) is -1.94. The summed E-state index contributed by atoms with van der Waals surface area (Å²) >= 11 is 0. The van der Waals surface area contributed by atoms with E-state index in [9.17, 15) is 22.8 Å². The molecular formula is C26H30F3N7O4. The number of ether oxygens (including phenoxy) is 1. The van der Waals surface area contributed by atoms with Gasteiger partial charge in [0.1, 0.15) is 0 Å². The highest BCUT2D eigenvalue weighted by Crippen LogP contribution is 2.34. The largest absolute Gasteiger partial charge is 0.493 e. The minimum absolute atomic E-state index is 0.107. The highest BCUT2D eigenvalue weighted by molar-refractivity contribution is 5.90. The van der Waals surface area contributed by atoms with Gasteiger partial charge in [-0.15, -0.1) is 0 Å². The van der Waals surface area contributed by atoms with E-state index in [1.54, 1.807) is 30.3 Å². The summed E-state index contributed by atoms with van der Waals surface area (Å²) in [6, 6.07) is 7.61. The normalized spacial score (nSPS) is 17.4. The number of benzene rings is 1. The first-order chi connectivity index (χ1) is 19.0. The van der Waals surface area contributed by atoms with E-state index in [4.69, 9.17) is 20.0 Å². The Kier molecular flexibility index (Phi) is 8.75. The van der Waals surface area contributed by atoms with E-state index < -0.39 is 24.7 Å². The average Bonchev–Trinajstić information content (AvgIpc) is 3.35. The maximum atomic E-state index is 12.6. The second-order valence-electron chi connectivity index (χ2n) is 9.81. The molecular weight excluding hydrogens is 531 g/mol. The second-order valence-corrected chi connectivity index (χ2v) is 9.81. The van der Waals surface area contributed by atoms with E-state index in [1.807, 2.05) is 0 Å². The maximum Gasteiger partial charge on any atom is 0.493 e. The summed E-state index contributed by atoms with van der Waals surface area (Å²) < 4.78 is 43.5. The van der Waals surface area contributed by atoms with E-state index >= 15 is 0 Å². The number of anilines is 2. The number of halogens is 3. The molecule has 0 radical (unpaired) electrons. The summed E-state index contributed by atoms with van der Waals surface area (Å²) in [6.07, 6.45) is -5.64. The van der Waals surface area contributed by atoms with Crippen molar-refractivity contribution in [3.05, 3.63) is 35.5 Å². The number of amides is 2. The van der Waals surface area contributed by atoms with Crippen molar-refractivity contribution in [2.24, 2.45) is 0 Å². The first kappa shape index (κ1) is 29.0. The van der Waals surface area contributed by atoms with Gasteiger partial charge in [-0.1, -0.05) is 12.1 Å². The lowest BCUT2D eigenvalue weighted by atomic mass is 10.1. The van der Waals surface area contributed by atoms with Crippen LogP contribution in [0.1, 0.15) is 38.4 Å². The number of nitriles is 1. The van der Waals surface area contributed by atoms with Crippen molar-refractivity contribution >= 4 is 23.6 Å². The van der Waals surface area contributed by atoms with Crippen LogP contribution in [0.25, 0.3) is 11.3 Å². The number of fused-ring (bicyclic) bond motifs is 1. The fourth-order valence-electron chi connectivity index (χ4n) is 4.41. The van der Waals surface area contributed by atoms with Gasteiger partial charge in [0.25, 0.3) is 0 Å². The van der Waals surface area contributed by atoms with Crippen LogP contribution in [0.5, 0.6) is 0 Å². The van der Waals surface area contributed by atoms with E-state index in [0.29, 0.717) is 44.8 Å². The summed E-state index contributed by atoms with van der Waals surface area (Å²) in [5.41, 5.74) is 3.74. The Morgan fingerprint density at radius 2 is 1.98 bits per heavy atom. The summed E-state index contributed by atoms with van der Waals surface area (Å²) in [5, 5.41) is 11.3. The number of alkyl halides is 3. The Morgan fingerprint density at radius 3 is 2.60 bits per heavy atom. The third-order valence-electron chi connectivity index (χ3n) is 6.64. The highest BCUT2D eigenvalue weighted by Gasteiger charge is 2.43. The van der Waals surface area contributed by atoms with Crippen molar-refractivity contribution in [1.82, 2.24) is 19.9 Å². The molecule has 1 atom stereocenters. The van der Waals surface area contributed by atoms with Gasteiger partial charge in [-0.2, -0.15) is 23.5 Å². The monoisotopic (exact) mass is 561 g/mol. The Labute approximate surface area is 229 Å². The van der Waals surface area contributed by atoms with Gasteiger partial charge in [0, 0.05) is 42.5 Å². The first-order valence-electron chi connectivity index (χ1n) is 12.8. The number of hydroxylamine groups is 2. The van der Waals surface area contributed by atoms with E-state index in [2.05, 4.69) is 40.7 Å². The average molecular weight is 562 g/mol. The molecule has 1 aromatic carbocycles. The third kappa shape index (κ3) is 6.60. The zero-order chi connectivity index (χ0) is 29.0. The Balaban J connectivity index is 1.58. The van der Waals surface area contributed by atoms with Crippen LogP contribution in [0.15, 0.2) is 24.3 Å². The Hall–Kier alpha value is -3.96. The van der Waals surface area contributed by atoms with Crippen molar-refractivity contribution in [2.45, 2.75) is 58.5 Å². The predicted octanol–water partition coefficient (Wildman–Crippen LogP) is 3.86. The molecule has 0 aliphatic carbocycles. The van der Waals surface area contributed by atoms with Crippen molar-refractivity contribution in [1.29, 1.82) is 5.26 Å². The third-order valence-corrected chi connectivity index (χ3v) is 6.64. The molecule has 1 N–H and O–H groups in total. The number of nitrogens with one attached hydrogen (secondary N) is 1. The molecule has 1 fully saturated rings. The molecule has 40 heavy (non-hydrogen) atoms. The molecule has 1 aromatic heterocycles. The van der Waals surface area contributed by atoms with Gasteiger partial charge >= 0.3 is 18.2 Å². The van der Waals surface area contributed by atoms with Crippen molar-refractivity contribution in [2.75, 3.05) is 36.5 Å². The van der Waals surface area contributed by atoms with Crippen molar-refractivity contribution in [3.8, 4) is 17.3 Å². The molecule has 0 bridgehead atoms. The van der Waals surface area contributed by atoms with Crippen LogP contribution in [0, 0.1) is 11.3 Å². The Bertz CT molecular complexity index is 1280. The number of morpholine rings is 1. The standard InChI is InChI=1S/C26H30F3N7O4/c1-16(2)34-13-20-21(14-34)32-24(35-11-12-39-15-17(35)3)33-22(20)18-5-7-19(8-6-18)31-25(38)36(10-4-9-30)40-23(37)26(27,28)29/h5-8,16-17H,4,10-15H2,1-3H3,(H,31,38). The zero-order valence-electron chi connectivity index (χ0n) is 22.4. The SMILES string of the molecule is CC(C)N1Cc2nc(N3CCOCC3C)nc(-c3ccc(NC(=O)N(CCC#N)OC(=O)C(F)(F)F)cc3)c2C1. The van der Waals surface area contributed by atoms with Crippen LogP contribution in [0.3, 0.4) is 0 Å². The zero-order valence-corrected chi connectivity index (χ0v) is 22.4. The van der Waals surface area contributed by atoms with Crippen LogP contribution < -0.4 is 10.2 Å². The smallest absolute Gasteiger partial charge is 0.377 e. The summed E-state index contributed by atoms with van der Waals surface area (Å²) in [7, 11) is 0. The fraction of sp³-hybridized carbons (Fsp3) is 0.500. The molecule has 1 unspecified atom stereocenters. The summed E-state index contributed by atoms with van der Waals surface area (Å²) in [6.45, 7) is 8.95. The number of rotatable bonds is 6. The quantitative estimate of drug-likeness (QED) is 0.524. The molecule has 11 nitrogen and oxygen atoms in total. The minimum Gasteiger partial charge on any atom is -0.377 e. The fourth-order valence-corrected chi connectivity index (χ4v) is 4.41. The molecule has 0 saturated carbocycles. The van der Waals surface area contributed by atoms with Crippen LogP contribution in [0.2, 0.25) is 0 Å². The number of hydrogen-bond donors (Lipinski definition) is 1. The molecule has 2 amide bonds. The first-order valence-corrected chi connectivity index (χ1v) is 12.8. The molecule has 1 saturated heterocycles. The molecule has 4 rings (SSSR count). The van der Waals surface area contributed by atoms with Crippen molar-refractivity contribution in [3.63, 3.8) is 0 Å². The van der Waals surface area contributed by atoms with Gasteiger partial charge in [-0.3, -0.25) is 4.90 Å². The van der Waals surface area contributed by atoms with Gasteiger partial charge in [0.05, 0.1) is 49.7 Å². The molecule has 214 valence electrons. The molecule has 0 spiro atoms. The van der Waals surface area contributed by atoms with Gasteiger partial charge in [-0.05, 0) is 32.9 Å². The molecule has 2 aliphatic heterocycles. The number of nitrogens with zero attached hydrogens (tertiary/aromatic N) is 6. The van der Waals surface area contributed by atoms with E-state index in [-0.39, 0.29) is 23.2 Å². The molecule has 3 heterocycles. The van der Waals surface area contributed by atoms with Crippen LogP contribution >= 0.6 is 0 Å². The number of carbonyl (C=O) groups excluding carboxylic acids is 2. The van der Waals surface area contributed by atoms with Crippen LogP contribution in [-0.4, -0.2) is 76.5 Å². The number of aromatic nitrogens is 2. The molecule has 2 aromatic rings. The lowest BCUT2D eigenvalue weighted by Gasteiger charge is -2.33. The number of urea groups is 1. The maximum absolute atomic E-state index is 12.6. The van der Waals surface area contributed by atoms with Crippen LogP contribution in [-0.2, 0) is 27.5 Å². The van der Waals surface area contributed by atoms with Crippen LogP contribution in [0.4, 0.5) is 29.6 Å². The highest BCUT2D eigenvalue weighted by atomic mass is 19.4. The lowest BCUT2D eigenvalue weighted by molar-refractivity contribution is -0.227. The summed E-state index contributed by atoms with van der Waals surface area (Å²) in [4.78, 5) is 42.2. The topological polar surface area (TPSA) is 124 Å². The van der Waals surface area contributed by atoms with Gasteiger partial charge in [-0.25, -0.2) is 19.6 Å². The molecule has 14 heteroatoms. The van der Waals surface area contributed by atoms with E-state index in [1.165, 1.54) is 0 Å². The molecule has 2 aliphatic rings. The van der Waals surface area contributed by atoms with E-state index in [0.717, 1.165) is 22.5 Å². The second kappa shape index (κ2) is 12.1. The minimum atomic E-state index is -5.30. The Morgan fingerprint density at radius 1 is 1.25 bits per heavy atom. The van der Waals surface area contributed by atoms with Gasteiger partial charge < -0.3 is 19.8 Å². The van der Waals surface area contributed by atoms with Gasteiger partial charge in [0.15, 0.2) is 0 Å². The van der Waals surface area contributed by atoms with Crippen molar-refractivity contribution < 1.29 is 32.3 Å². The van der Waals surface area contributed by atoms with Gasteiger partial charge in [0.2, 0.25) is 5.95 Å².